The number of nitrogens with two attached hydrogens (primary N) is 1. The van der Waals surface area contributed by atoms with Gasteiger partial charge in [-0.3, -0.25) is 28.9 Å². The molecule has 4 N–H and O–H groups in total. The van der Waals surface area contributed by atoms with Crippen molar-refractivity contribution in [1.82, 2.24) is 19.7 Å². The molecule has 1 unspecified atom stereocenters. The van der Waals surface area contributed by atoms with Crippen molar-refractivity contribution in [2.45, 2.75) is 84.8 Å². The first-order valence-corrected chi connectivity index (χ1v) is 18.1. The Labute approximate surface area is 309 Å². The molecule has 2 aromatic carbocycles. The van der Waals surface area contributed by atoms with Gasteiger partial charge >= 0.3 is 0 Å². The number of aliphatic hydroxyl groups excluding tert-OH is 1. The Kier molecular flexibility index (Phi) is 14.2. The molecule has 1 aliphatic rings. The van der Waals surface area contributed by atoms with E-state index in [0.717, 1.165) is 23.8 Å². The van der Waals surface area contributed by atoms with Crippen LogP contribution in [0.3, 0.4) is 0 Å². The highest BCUT2D eigenvalue weighted by molar-refractivity contribution is 6.03. The van der Waals surface area contributed by atoms with Crippen LogP contribution in [-0.4, -0.2) is 81.2 Å². The van der Waals surface area contributed by atoms with Crippen molar-refractivity contribution < 1.29 is 37.9 Å². The van der Waals surface area contributed by atoms with Gasteiger partial charge in [-0.25, -0.2) is 8.78 Å². The molecule has 3 aromatic rings. The molecule has 1 aliphatic heterocycles. The Balaban J connectivity index is 1.41. The summed E-state index contributed by atoms with van der Waals surface area (Å²) < 4.78 is 31.2. The number of carbonyl (C=O) groups excluding carboxylic acids is 5. The van der Waals surface area contributed by atoms with Crippen LogP contribution in [0.5, 0.6) is 0 Å². The Morgan fingerprint density at radius 1 is 1.04 bits per heavy atom. The van der Waals surface area contributed by atoms with Crippen LogP contribution in [0.25, 0.3) is 11.1 Å². The molecule has 0 saturated carbocycles. The largest absolute Gasteiger partial charge is 0.387 e. The number of benzene rings is 2. The zero-order valence-corrected chi connectivity index (χ0v) is 30.9. The number of carbonyl (C=O) groups is 5. The molecule has 1 saturated heterocycles. The topological polar surface area (TPSA) is 155 Å². The molecule has 0 radical (unpaired) electrons. The maximum Gasteiger partial charge on any atom is 0.248 e. The molecule has 11 nitrogen and oxygen atoms in total. The van der Waals surface area contributed by atoms with Gasteiger partial charge in [0.1, 0.15) is 24.0 Å². The lowest BCUT2D eigenvalue weighted by Gasteiger charge is -2.41. The molecule has 3 atom stereocenters. The number of nitrogens with zero attached hydrogens (tertiary/aromatic N) is 3. The molecular formula is C40H51F2N5O6. The lowest BCUT2D eigenvalue weighted by atomic mass is 9.82. The van der Waals surface area contributed by atoms with Crippen molar-refractivity contribution in [3.8, 4) is 11.1 Å². The molecule has 1 fully saturated rings. The van der Waals surface area contributed by atoms with E-state index >= 15 is 4.39 Å². The Bertz CT molecular complexity index is 1770. The summed E-state index contributed by atoms with van der Waals surface area (Å²) in [5.74, 6) is -3.02. The average molecular weight is 736 g/mol. The van der Waals surface area contributed by atoms with Crippen LogP contribution >= 0.6 is 0 Å². The van der Waals surface area contributed by atoms with Crippen molar-refractivity contribution in [1.29, 1.82) is 0 Å². The third-order valence-electron chi connectivity index (χ3n) is 9.47. The summed E-state index contributed by atoms with van der Waals surface area (Å²) in [4.78, 5) is 65.1. The SMILES string of the molecule is CC1CC(=O)N(CCCC(=O)CCC(=O)NC[C@@H](N)CCN(C(=O)CO)[C@@H](c2cc(-c3cc(F)ccc3F)cn2Cc2ccccc2)C(C)(C)C)C1=O. The van der Waals surface area contributed by atoms with Gasteiger partial charge in [0.2, 0.25) is 23.6 Å². The minimum atomic E-state index is -0.763. The van der Waals surface area contributed by atoms with Crippen molar-refractivity contribution in [3.05, 3.63) is 83.7 Å². The molecule has 0 spiro atoms. The monoisotopic (exact) mass is 735 g/mol. The number of amides is 4. The zero-order chi connectivity index (χ0) is 38.9. The van der Waals surface area contributed by atoms with Gasteiger partial charge in [-0.2, -0.15) is 0 Å². The molecular weight excluding hydrogens is 684 g/mol. The minimum Gasteiger partial charge on any atom is -0.387 e. The second kappa shape index (κ2) is 18.3. The maximum atomic E-state index is 15.0. The predicted molar refractivity (Wildman–Crippen MR) is 196 cm³/mol. The van der Waals surface area contributed by atoms with E-state index in [-0.39, 0.29) is 86.7 Å². The van der Waals surface area contributed by atoms with Crippen LogP contribution in [0, 0.1) is 23.0 Å². The molecule has 2 heterocycles. The number of halogens is 2. The summed E-state index contributed by atoms with van der Waals surface area (Å²) in [6, 6.07) is 13.4. The summed E-state index contributed by atoms with van der Waals surface area (Å²) in [7, 11) is 0. The summed E-state index contributed by atoms with van der Waals surface area (Å²) in [5.41, 5.74) is 7.91. The van der Waals surface area contributed by atoms with E-state index in [9.17, 15) is 33.5 Å². The summed E-state index contributed by atoms with van der Waals surface area (Å²) in [6.45, 7) is 7.56. The van der Waals surface area contributed by atoms with Crippen LogP contribution in [-0.2, 0) is 30.5 Å². The maximum absolute atomic E-state index is 15.0. The zero-order valence-electron chi connectivity index (χ0n) is 30.9. The Morgan fingerprint density at radius 3 is 2.40 bits per heavy atom. The third kappa shape index (κ3) is 11.1. The first-order chi connectivity index (χ1) is 25.1. The molecule has 0 bridgehead atoms. The highest BCUT2D eigenvalue weighted by atomic mass is 19.1. The Morgan fingerprint density at radius 2 is 1.75 bits per heavy atom. The van der Waals surface area contributed by atoms with Crippen molar-refractivity contribution >= 4 is 29.4 Å². The van der Waals surface area contributed by atoms with E-state index in [4.69, 9.17) is 5.73 Å². The minimum absolute atomic E-state index is 0.00947. The average Bonchev–Trinajstić information content (AvgIpc) is 3.62. The van der Waals surface area contributed by atoms with Crippen molar-refractivity contribution in [3.63, 3.8) is 0 Å². The molecule has 4 amide bonds. The van der Waals surface area contributed by atoms with Crippen LogP contribution in [0.2, 0.25) is 0 Å². The van der Waals surface area contributed by atoms with Crippen molar-refractivity contribution in [2.75, 3.05) is 26.2 Å². The quantitative estimate of drug-likeness (QED) is 0.159. The van der Waals surface area contributed by atoms with Crippen LogP contribution in [0.4, 0.5) is 8.78 Å². The van der Waals surface area contributed by atoms with E-state index < -0.39 is 41.6 Å². The first-order valence-electron chi connectivity index (χ1n) is 18.1. The van der Waals surface area contributed by atoms with E-state index in [1.807, 2.05) is 55.7 Å². The number of likely N-dealkylation sites (tertiary alicyclic amines) is 1. The van der Waals surface area contributed by atoms with Gasteiger partial charge in [0.15, 0.2) is 0 Å². The van der Waals surface area contributed by atoms with E-state index in [1.54, 1.807) is 24.1 Å². The molecule has 13 heteroatoms. The standard InChI is InChI=1S/C40H51F2N5O6/c1-26-19-36(51)47(39(26)53)17-8-11-31(49)13-15-35(50)44-22-30(43)16-18-46(37(52)25-48)38(40(2,3)4)34-20-28(32-21-29(41)12-14-33(32)42)24-45(34)23-27-9-6-5-7-10-27/h5-7,9-10,12,14,20-21,24,26,30,38,48H,8,11,13,15-19,22-23,25,43H2,1-4H3,(H,44,50)/t26?,30-,38-/m0/s1. The first kappa shape index (κ1) is 41.0. The van der Waals surface area contributed by atoms with E-state index in [2.05, 4.69) is 5.32 Å². The highest BCUT2D eigenvalue weighted by Crippen LogP contribution is 2.41. The Hall–Kier alpha value is -4.75. The van der Waals surface area contributed by atoms with Gasteiger partial charge in [-0.05, 0) is 48.1 Å². The number of hydrogen-bond acceptors (Lipinski definition) is 7. The van der Waals surface area contributed by atoms with Crippen LogP contribution in [0.15, 0.2) is 60.8 Å². The second-order valence-electron chi connectivity index (χ2n) is 14.9. The van der Waals surface area contributed by atoms with Gasteiger partial charge in [-0.1, -0.05) is 58.0 Å². The number of ketones is 1. The van der Waals surface area contributed by atoms with Gasteiger partial charge < -0.3 is 25.6 Å². The smallest absolute Gasteiger partial charge is 0.248 e. The number of rotatable bonds is 18. The van der Waals surface area contributed by atoms with Gasteiger partial charge in [0.25, 0.3) is 0 Å². The molecule has 1 aromatic heterocycles. The number of nitrogens with one attached hydrogen (secondary N) is 1. The lowest BCUT2D eigenvalue weighted by Crippen LogP contribution is -2.46. The molecule has 53 heavy (non-hydrogen) atoms. The summed E-state index contributed by atoms with van der Waals surface area (Å²) in [5, 5.41) is 12.8. The molecule has 0 aliphatic carbocycles. The lowest BCUT2D eigenvalue weighted by molar-refractivity contribution is -0.140. The van der Waals surface area contributed by atoms with E-state index in [0.29, 0.717) is 24.2 Å². The number of Topliss-reactive ketones (excluding diaryl/α,β-unsaturated/α-hetero) is 1. The number of aromatic nitrogens is 1. The second-order valence-corrected chi connectivity index (χ2v) is 14.9. The fourth-order valence-corrected chi connectivity index (χ4v) is 6.74. The normalized spacial score (nSPS) is 15.8. The molecule has 286 valence electrons. The summed E-state index contributed by atoms with van der Waals surface area (Å²) >= 11 is 0. The van der Waals surface area contributed by atoms with Gasteiger partial charge in [0.05, 0.1) is 6.04 Å². The fraction of sp³-hybridized carbons (Fsp3) is 0.475. The molecule has 4 rings (SSSR count). The number of hydrogen-bond donors (Lipinski definition) is 3. The fourth-order valence-electron chi connectivity index (χ4n) is 6.74. The summed E-state index contributed by atoms with van der Waals surface area (Å²) in [6.07, 6.45) is 2.64. The van der Waals surface area contributed by atoms with Crippen LogP contribution < -0.4 is 11.1 Å². The van der Waals surface area contributed by atoms with Crippen LogP contribution in [0.1, 0.15) is 83.5 Å². The van der Waals surface area contributed by atoms with E-state index in [1.165, 1.54) is 4.90 Å². The van der Waals surface area contributed by atoms with Gasteiger partial charge in [0, 0.05) is 86.8 Å². The van der Waals surface area contributed by atoms with Crippen molar-refractivity contribution in [2.24, 2.45) is 17.1 Å². The highest BCUT2D eigenvalue weighted by Gasteiger charge is 2.37. The van der Waals surface area contributed by atoms with Gasteiger partial charge in [-0.15, -0.1) is 0 Å². The number of imide groups is 1. The predicted octanol–water partition coefficient (Wildman–Crippen LogP) is 4.75. The third-order valence-corrected chi connectivity index (χ3v) is 9.47. The number of aliphatic hydroxyl groups is 1.